The van der Waals surface area contributed by atoms with Crippen LogP contribution >= 0.6 is 0 Å². The molecule has 11 heavy (non-hydrogen) atoms. The summed E-state index contributed by atoms with van der Waals surface area (Å²) >= 11 is 0. The van der Waals surface area contributed by atoms with Gasteiger partial charge >= 0.3 is 0 Å². The van der Waals surface area contributed by atoms with Gasteiger partial charge in [0.05, 0.1) is 6.10 Å². The van der Waals surface area contributed by atoms with E-state index < -0.39 is 0 Å². The van der Waals surface area contributed by atoms with Gasteiger partial charge in [-0.2, -0.15) is 0 Å². The van der Waals surface area contributed by atoms with E-state index in [1.54, 1.807) is 7.11 Å². The number of nitrogens with one attached hydrogen (secondary N) is 1. The highest BCUT2D eigenvalue weighted by Crippen LogP contribution is 2.18. The number of ether oxygens (including phenoxy) is 1. The molecule has 64 valence electrons. The molecule has 2 aliphatic heterocycles. The van der Waals surface area contributed by atoms with Crippen LogP contribution in [0.1, 0.15) is 6.42 Å². The summed E-state index contributed by atoms with van der Waals surface area (Å²) in [6.45, 7) is 4.65. The molecule has 0 spiro atoms. The first-order valence-electron chi connectivity index (χ1n) is 4.37. The fourth-order valence-electron chi connectivity index (χ4n) is 1.87. The van der Waals surface area contributed by atoms with Gasteiger partial charge in [0.15, 0.2) is 0 Å². The van der Waals surface area contributed by atoms with Gasteiger partial charge in [-0.05, 0) is 13.0 Å². The van der Waals surface area contributed by atoms with Crippen LogP contribution in [-0.4, -0.2) is 50.3 Å². The minimum Gasteiger partial charge on any atom is -0.379 e. The van der Waals surface area contributed by atoms with Crippen LogP contribution in [0.4, 0.5) is 0 Å². The highest BCUT2D eigenvalue weighted by Gasteiger charge is 2.33. The Bertz CT molecular complexity index is 128. The van der Waals surface area contributed by atoms with E-state index in [9.17, 15) is 0 Å². The lowest BCUT2D eigenvalue weighted by Gasteiger charge is -2.41. The molecule has 1 N–H and O–H groups in total. The molecule has 3 nitrogen and oxygen atoms in total. The number of hydrogen-bond acceptors (Lipinski definition) is 3. The van der Waals surface area contributed by atoms with E-state index >= 15 is 0 Å². The molecule has 0 aromatic heterocycles. The lowest BCUT2D eigenvalue weighted by atomic mass is 10.1. The molecule has 1 atom stereocenters. The van der Waals surface area contributed by atoms with Crippen molar-refractivity contribution in [3.8, 4) is 0 Å². The Hall–Kier alpha value is -0.120. The first kappa shape index (κ1) is 7.53. The molecule has 0 aromatic carbocycles. The Balaban J connectivity index is 1.73. The van der Waals surface area contributed by atoms with Crippen LogP contribution in [0.3, 0.4) is 0 Å². The van der Waals surface area contributed by atoms with Crippen LogP contribution in [0.2, 0.25) is 0 Å². The van der Waals surface area contributed by atoms with E-state index in [-0.39, 0.29) is 0 Å². The van der Waals surface area contributed by atoms with E-state index in [1.807, 2.05) is 0 Å². The Kier molecular flexibility index (Phi) is 2.11. The van der Waals surface area contributed by atoms with E-state index in [2.05, 4.69) is 10.2 Å². The summed E-state index contributed by atoms with van der Waals surface area (Å²) in [6, 6.07) is 0.793. The molecule has 2 rings (SSSR count). The number of nitrogens with zero attached hydrogens (tertiary/aromatic N) is 1. The van der Waals surface area contributed by atoms with Gasteiger partial charge < -0.3 is 10.1 Å². The third kappa shape index (κ3) is 1.41. The normalized spacial score (nSPS) is 34.1. The first-order chi connectivity index (χ1) is 5.40. The minimum atomic E-state index is 0.510. The zero-order chi connectivity index (χ0) is 7.68. The van der Waals surface area contributed by atoms with Crippen LogP contribution in [-0.2, 0) is 4.74 Å². The molecule has 0 aromatic rings. The summed E-state index contributed by atoms with van der Waals surface area (Å²) < 4.78 is 5.21. The van der Waals surface area contributed by atoms with Crippen molar-refractivity contribution in [2.45, 2.75) is 18.6 Å². The average Bonchev–Trinajstić information content (AvgIpc) is 2.37. The first-order valence-corrected chi connectivity index (χ1v) is 4.37. The maximum Gasteiger partial charge on any atom is 0.0825 e. The van der Waals surface area contributed by atoms with Gasteiger partial charge in [-0.1, -0.05) is 0 Å². The predicted octanol–water partition coefficient (Wildman–Crippen LogP) is -0.321. The smallest absolute Gasteiger partial charge is 0.0825 e. The standard InChI is InChI=1S/C8H16N2O/c1-11-8-5-10(6-8)7-2-3-9-4-7/h7-9H,2-6H2,1H3. The second kappa shape index (κ2) is 3.09. The average molecular weight is 156 g/mol. The predicted molar refractivity (Wildman–Crippen MR) is 43.6 cm³/mol. The van der Waals surface area contributed by atoms with E-state index in [4.69, 9.17) is 4.74 Å². The van der Waals surface area contributed by atoms with Crippen molar-refractivity contribution in [2.24, 2.45) is 0 Å². The Morgan fingerprint density at radius 1 is 1.45 bits per heavy atom. The summed E-state index contributed by atoms with van der Waals surface area (Å²) in [6.07, 6.45) is 1.83. The molecule has 3 heteroatoms. The van der Waals surface area contributed by atoms with Crippen LogP contribution < -0.4 is 5.32 Å². The third-order valence-electron chi connectivity index (χ3n) is 2.76. The SMILES string of the molecule is COC1CN(C2CCNC2)C1. The minimum absolute atomic E-state index is 0.510. The summed E-state index contributed by atoms with van der Waals surface area (Å²) in [5.41, 5.74) is 0. The van der Waals surface area contributed by atoms with Gasteiger partial charge in [-0.3, -0.25) is 4.90 Å². The molecular weight excluding hydrogens is 140 g/mol. The molecule has 1 unspecified atom stereocenters. The van der Waals surface area contributed by atoms with Crippen LogP contribution in [0.15, 0.2) is 0 Å². The third-order valence-corrected chi connectivity index (χ3v) is 2.76. The molecule has 0 radical (unpaired) electrons. The van der Waals surface area contributed by atoms with Crippen molar-refractivity contribution in [1.29, 1.82) is 0 Å². The fourth-order valence-corrected chi connectivity index (χ4v) is 1.87. The lowest BCUT2D eigenvalue weighted by molar-refractivity contribution is -0.0467. The second-order valence-electron chi connectivity index (χ2n) is 3.46. The van der Waals surface area contributed by atoms with Crippen LogP contribution in [0.25, 0.3) is 0 Å². The summed E-state index contributed by atoms with van der Waals surface area (Å²) in [7, 11) is 1.80. The summed E-state index contributed by atoms with van der Waals surface area (Å²) in [4.78, 5) is 2.51. The van der Waals surface area contributed by atoms with E-state index in [1.165, 1.54) is 19.5 Å². The van der Waals surface area contributed by atoms with Crippen molar-refractivity contribution in [2.75, 3.05) is 33.3 Å². The number of hydrogen-bond donors (Lipinski definition) is 1. The van der Waals surface area contributed by atoms with Gasteiger partial charge in [-0.15, -0.1) is 0 Å². The Morgan fingerprint density at radius 3 is 2.82 bits per heavy atom. The van der Waals surface area contributed by atoms with Gasteiger partial charge in [0.1, 0.15) is 0 Å². The maximum atomic E-state index is 5.21. The molecule has 0 aliphatic carbocycles. The van der Waals surface area contributed by atoms with Crippen LogP contribution in [0, 0.1) is 0 Å². The molecule has 0 saturated carbocycles. The number of likely N-dealkylation sites (tertiary alicyclic amines) is 1. The van der Waals surface area contributed by atoms with Crippen molar-refractivity contribution in [1.82, 2.24) is 10.2 Å². The molecular formula is C8H16N2O. The van der Waals surface area contributed by atoms with Crippen molar-refractivity contribution in [3.05, 3.63) is 0 Å². The quantitative estimate of drug-likeness (QED) is 0.593. The fraction of sp³-hybridized carbons (Fsp3) is 1.00. The molecule has 2 saturated heterocycles. The molecule has 0 bridgehead atoms. The topological polar surface area (TPSA) is 24.5 Å². The molecule has 2 aliphatic rings. The zero-order valence-electron chi connectivity index (χ0n) is 7.05. The molecule has 0 amide bonds. The van der Waals surface area contributed by atoms with Crippen LogP contribution in [0.5, 0.6) is 0 Å². The molecule has 2 fully saturated rings. The number of methoxy groups -OCH3 is 1. The Morgan fingerprint density at radius 2 is 2.27 bits per heavy atom. The van der Waals surface area contributed by atoms with Gasteiger partial charge in [0.2, 0.25) is 0 Å². The van der Waals surface area contributed by atoms with Crippen molar-refractivity contribution < 1.29 is 4.74 Å². The lowest BCUT2D eigenvalue weighted by Crippen LogP contribution is -2.56. The monoisotopic (exact) mass is 156 g/mol. The van der Waals surface area contributed by atoms with Gasteiger partial charge in [0.25, 0.3) is 0 Å². The van der Waals surface area contributed by atoms with Crippen molar-refractivity contribution >= 4 is 0 Å². The highest BCUT2D eigenvalue weighted by molar-refractivity contribution is 4.89. The second-order valence-corrected chi connectivity index (χ2v) is 3.46. The summed E-state index contributed by atoms with van der Waals surface area (Å²) in [5, 5.41) is 3.37. The highest BCUT2D eigenvalue weighted by atomic mass is 16.5. The Labute approximate surface area is 67.7 Å². The van der Waals surface area contributed by atoms with Crippen molar-refractivity contribution in [3.63, 3.8) is 0 Å². The molecule has 2 heterocycles. The maximum absolute atomic E-state index is 5.21. The largest absolute Gasteiger partial charge is 0.379 e. The van der Waals surface area contributed by atoms with E-state index in [0.29, 0.717) is 6.10 Å². The zero-order valence-corrected chi connectivity index (χ0v) is 7.05. The summed E-state index contributed by atoms with van der Waals surface area (Å²) in [5.74, 6) is 0. The van der Waals surface area contributed by atoms with Gasteiger partial charge in [-0.25, -0.2) is 0 Å². The number of rotatable bonds is 2. The van der Waals surface area contributed by atoms with E-state index in [0.717, 1.165) is 19.1 Å². The van der Waals surface area contributed by atoms with Gasteiger partial charge in [0, 0.05) is 32.8 Å².